The highest BCUT2D eigenvalue weighted by atomic mass is 16.5. The summed E-state index contributed by atoms with van der Waals surface area (Å²) < 4.78 is 18.0. The third-order valence-electron chi connectivity index (χ3n) is 7.49. The van der Waals surface area contributed by atoms with Gasteiger partial charge in [0.25, 0.3) is 0 Å². The lowest BCUT2D eigenvalue weighted by molar-refractivity contribution is 0.0726. The van der Waals surface area contributed by atoms with Crippen LogP contribution >= 0.6 is 0 Å². The van der Waals surface area contributed by atoms with Gasteiger partial charge in [0, 0.05) is 16.7 Å². The molecule has 0 saturated carbocycles. The molecule has 0 spiro atoms. The number of carbonyl (C=O) groups is 1. The van der Waals surface area contributed by atoms with Crippen LogP contribution in [0.1, 0.15) is 79.7 Å². The fourth-order valence-electron chi connectivity index (χ4n) is 5.23. The van der Waals surface area contributed by atoms with Crippen LogP contribution in [0.5, 0.6) is 17.2 Å². The van der Waals surface area contributed by atoms with Crippen molar-refractivity contribution in [3.05, 3.63) is 112 Å². The number of rotatable bonds is 7. The molecule has 0 atom stereocenters. The zero-order chi connectivity index (χ0) is 29.9. The Morgan fingerprint density at radius 3 is 1.76 bits per heavy atom. The predicted octanol–water partition coefficient (Wildman–Crippen LogP) is 9.08. The Morgan fingerprint density at radius 1 is 0.732 bits per heavy atom. The first-order chi connectivity index (χ1) is 19.3. The van der Waals surface area contributed by atoms with Crippen LogP contribution in [0, 0.1) is 6.92 Å². The van der Waals surface area contributed by atoms with Crippen molar-refractivity contribution < 1.29 is 19.0 Å². The average Bonchev–Trinajstić information content (AvgIpc) is 2.93. The first-order valence-electron chi connectivity index (χ1n) is 14.1. The standard InChI is InChI=1S/C37H42O4/c1-24-27(20-25-16-12-10-13-17-25)21-31(40-9)33(32(24)26-18-14-11-15-19-26)35(38)41-34-29(36(2,3)4)22-28(39-8)23-30(34)37(5,6)7/h10-19,21-23H,20H2,1-9H3. The van der Waals surface area contributed by atoms with Gasteiger partial charge in [-0.3, -0.25) is 0 Å². The third kappa shape index (κ3) is 6.48. The third-order valence-corrected chi connectivity index (χ3v) is 7.49. The van der Waals surface area contributed by atoms with Crippen molar-refractivity contribution in [2.75, 3.05) is 14.2 Å². The van der Waals surface area contributed by atoms with E-state index >= 15 is 0 Å². The highest BCUT2D eigenvalue weighted by Crippen LogP contribution is 2.44. The van der Waals surface area contributed by atoms with E-state index < -0.39 is 5.97 Å². The molecule has 0 radical (unpaired) electrons. The molecule has 0 bridgehead atoms. The maximum atomic E-state index is 14.4. The summed E-state index contributed by atoms with van der Waals surface area (Å²) in [7, 11) is 3.27. The van der Waals surface area contributed by atoms with Crippen LogP contribution in [0.4, 0.5) is 0 Å². The SMILES string of the molecule is COc1cc(C(C)(C)C)c(OC(=O)c2c(OC)cc(Cc3ccccc3)c(C)c2-c2ccccc2)c(C(C)(C)C)c1. The van der Waals surface area contributed by atoms with Gasteiger partial charge in [0.15, 0.2) is 0 Å². The van der Waals surface area contributed by atoms with Gasteiger partial charge >= 0.3 is 5.97 Å². The molecular weight excluding hydrogens is 508 g/mol. The number of methoxy groups -OCH3 is 2. The summed E-state index contributed by atoms with van der Waals surface area (Å²) in [5.74, 6) is 1.36. The van der Waals surface area contributed by atoms with Crippen LogP contribution in [0.3, 0.4) is 0 Å². The van der Waals surface area contributed by atoms with Crippen LogP contribution in [0.25, 0.3) is 11.1 Å². The van der Waals surface area contributed by atoms with Crippen molar-refractivity contribution >= 4 is 5.97 Å². The van der Waals surface area contributed by atoms with Gasteiger partial charge in [-0.25, -0.2) is 4.79 Å². The van der Waals surface area contributed by atoms with E-state index in [1.807, 2.05) is 66.7 Å². The van der Waals surface area contributed by atoms with E-state index in [4.69, 9.17) is 14.2 Å². The summed E-state index contributed by atoms with van der Waals surface area (Å²) in [5, 5.41) is 0. The number of hydrogen-bond donors (Lipinski definition) is 0. The number of benzene rings is 4. The Balaban J connectivity index is 1.95. The molecule has 4 aromatic carbocycles. The van der Waals surface area contributed by atoms with Crippen LogP contribution < -0.4 is 14.2 Å². The fraction of sp³-hybridized carbons (Fsp3) is 0.324. The number of carbonyl (C=O) groups excluding carboxylic acids is 1. The monoisotopic (exact) mass is 550 g/mol. The summed E-state index contributed by atoms with van der Waals surface area (Å²) in [6, 6.07) is 26.3. The first-order valence-corrected chi connectivity index (χ1v) is 14.1. The predicted molar refractivity (Wildman–Crippen MR) is 168 cm³/mol. The minimum atomic E-state index is -0.448. The van der Waals surface area contributed by atoms with E-state index in [1.54, 1.807) is 14.2 Å². The molecule has 0 saturated heterocycles. The molecule has 4 rings (SSSR count). The zero-order valence-electron chi connectivity index (χ0n) is 25.8. The van der Waals surface area contributed by atoms with Gasteiger partial charge in [-0.1, -0.05) is 102 Å². The highest BCUT2D eigenvalue weighted by Gasteiger charge is 2.32. The molecule has 41 heavy (non-hydrogen) atoms. The van der Waals surface area contributed by atoms with Crippen molar-refractivity contribution in [1.29, 1.82) is 0 Å². The second kappa shape index (κ2) is 11.8. The van der Waals surface area contributed by atoms with Gasteiger partial charge in [-0.2, -0.15) is 0 Å². The van der Waals surface area contributed by atoms with Gasteiger partial charge in [0.1, 0.15) is 22.8 Å². The maximum Gasteiger partial charge on any atom is 0.347 e. The number of esters is 1. The maximum absolute atomic E-state index is 14.4. The summed E-state index contributed by atoms with van der Waals surface area (Å²) in [6.45, 7) is 14.8. The molecule has 4 aromatic rings. The Bertz CT molecular complexity index is 1490. The molecule has 0 aliphatic rings. The molecule has 0 aliphatic heterocycles. The fourth-order valence-corrected chi connectivity index (χ4v) is 5.23. The Hall–Kier alpha value is -4.05. The van der Waals surface area contributed by atoms with Crippen LogP contribution in [-0.2, 0) is 17.3 Å². The van der Waals surface area contributed by atoms with E-state index in [2.05, 4.69) is 60.6 Å². The molecular formula is C37H42O4. The van der Waals surface area contributed by atoms with Crippen molar-refractivity contribution in [2.45, 2.75) is 65.7 Å². The van der Waals surface area contributed by atoms with E-state index in [9.17, 15) is 4.79 Å². The smallest absolute Gasteiger partial charge is 0.347 e. The molecule has 0 heterocycles. The summed E-state index contributed by atoms with van der Waals surface area (Å²) in [4.78, 5) is 14.4. The van der Waals surface area contributed by atoms with Gasteiger partial charge in [0.05, 0.1) is 14.2 Å². The van der Waals surface area contributed by atoms with Crippen molar-refractivity contribution in [2.24, 2.45) is 0 Å². The van der Waals surface area contributed by atoms with Crippen molar-refractivity contribution in [1.82, 2.24) is 0 Å². The van der Waals surface area contributed by atoms with Crippen molar-refractivity contribution in [3.63, 3.8) is 0 Å². The summed E-state index contributed by atoms with van der Waals surface area (Å²) in [6.07, 6.45) is 0.721. The van der Waals surface area contributed by atoms with Gasteiger partial charge in [-0.15, -0.1) is 0 Å². The number of ether oxygens (including phenoxy) is 3. The van der Waals surface area contributed by atoms with E-state index in [0.717, 1.165) is 45.6 Å². The van der Waals surface area contributed by atoms with Crippen LogP contribution in [0.2, 0.25) is 0 Å². The molecule has 0 aromatic heterocycles. The largest absolute Gasteiger partial charge is 0.497 e. The van der Waals surface area contributed by atoms with E-state index in [1.165, 1.54) is 5.56 Å². The molecule has 0 unspecified atom stereocenters. The lowest BCUT2D eigenvalue weighted by atomic mass is 9.79. The molecule has 0 aliphatic carbocycles. The minimum absolute atomic E-state index is 0.300. The molecule has 0 N–H and O–H groups in total. The normalized spacial score (nSPS) is 11.7. The van der Waals surface area contributed by atoms with Crippen LogP contribution in [-0.4, -0.2) is 20.2 Å². The topological polar surface area (TPSA) is 44.8 Å². The lowest BCUT2D eigenvalue weighted by Gasteiger charge is -2.30. The first kappa shape index (κ1) is 29.9. The second-order valence-corrected chi connectivity index (χ2v) is 12.6. The summed E-state index contributed by atoms with van der Waals surface area (Å²) in [5.41, 5.74) is 6.71. The number of hydrogen-bond acceptors (Lipinski definition) is 4. The molecule has 4 heteroatoms. The molecule has 214 valence electrons. The molecule has 0 amide bonds. The lowest BCUT2D eigenvalue weighted by Crippen LogP contribution is -2.23. The quantitative estimate of drug-likeness (QED) is 0.170. The Labute approximate surface area is 245 Å². The highest BCUT2D eigenvalue weighted by molar-refractivity contribution is 6.02. The summed E-state index contributed by atoms with van der Waals surface area (Å²) >= 11 is 0. The molecule has 4 nitrogen and oxygen atoms in total. The second-order valence-electron chi connectivity index (χ2n) is 12.6. The van der Waals surface area contributed by atoms with E-state index in [0.29, 0.717) is 17.1 Å². The minimum Gasteiger partial charge on any atom is -0.497 e. The Kier molecular flexibility index (Phi) is 8.63. The Morgan fingerprint density at radius 2 is 1.27 bits per heavy atom. The van der Waals surface area contributed by atoms with Crippen LogP contribution in [0.15, 0.2) is 78.9 Å². The van der Waals surface area contributed by atoms with Gasteiger partial charge in [-0.05, 0) is 64.6 Å². The van der Waals surface area contributed by atoms with Crippen molar-refractivity contribution in [3.8, 4) is 28.4 Å². The van der Waals surface area contributed by atoms with E-state index in [-0.39, 0.29) is 10.8 Å². The zero-order valence-corrected chi connectivity index (χ0v) is 25.8. The average molecular weight is 551 g/mol. The molecule has 0 fully saturated rings. The van der Waals surface area contributed by atoms with Gasteiger partial charge < -0.3 is 14.2 Å². The van der Waals surface area contributed by atoms with Gasteiger partial charge in [0.2, 0.25) is 0 Å².